The van der Waals surface area contributed by atoms with Crippen molar-refractivity contribution in [3.05, 3.63) is 23.8 Å². The summed E-state index contributed by atoms with van der Waals surface area (Å²) in [6.45, 7) is 1.04. The number of anilines is 1. The molecule has 1 aliphatic heterocycles. The van der Waals surface area contributed by atoms with Crippen molar-refractivity contribution in [3.63, 3.8) is 0 Å². The van der Waals surface area contributed by atoms with E-state index in [2.05, 4.69) is 0 Å². The van der Waals surface area contributed by atoms with Crippen molar-refractivity contribution in [1.29, 1.82) is 0 Å². The molecule has 1 aromatic rings. The van der Waals surface area contributed by atoms with Crippen LogP contribution >= 0.6 is 0 Å². The lowest BCUT2D eigenvalue weighted by molar-refractivity contribution is -0.123. The van der Waals surface area contributed by atoms with Gasteiger partial charge >= 0.3 is 0 Å². The highest BCUT2D eigenvalue weighted by Crippen LogP contribution is 2.28. The first kappa shape index (κ1) is 14.2. The molecule has 1 aromatic carbocycles. The van der Waals surface area contributed by atoms with E-state index in [1.165, 1.54) is 7.11 Å². The Morgan fingerprint density at radius 3 is 2.50 bits per heavy atom. The van der Waals surface area contributed by atoms with E-state index in [0.717, 1.165) is 0 Å². The minimum absolute atomic E-state index is 0.128. The SMILES string of the molecule is COc1c(N)cccc1C(=O)N1CCC(C(N)=O)CC1. The lowest BCUT2D eigenvalue weighted by atomic mass is 9.95. The van der Waals surface area contributed by atoms with Crippen molar-refractivity contribution in [2.75, 3.05) is 25.9 Å². The molecule has 4 N–H and O–H groups in total. The first-order valence-electron chi connectivity index (χ1n) is 6.55. The summed E-state index contributed by atoms with van der Waals surface area (Å²) in [7, 11) is 1.49. The Balaban J connectivity index is 2.13. The molecule has 1 heterocycles. The third kappa shape index (κ3) is 2.68. The van der Waals surface area contributed by atoms with Crippen LogP contribution in [0, 0.1) is 5.92 Å². The van der Waals surface area contributed by atoms with Crippen molar-refractivity contribution in [2.24, 2.45) is 11.7 Å². The number of ether oxygens (including phenoxy) is 1. The molecule has 0 aliphatic carbocycles. The number of hydrogen-bond donors (Lipinski definition) is 2. The molecule has 1 fully saturated rings. The van der Waals surface area contributed by atoms with E-state index >= 15 is 0 Å². The van der Waals surface area contributed by atoms with Gasteiger partial charge in [-0.3, -0.25) is 9.59 Å². The molecule has 0 radical (unpaired) electrons. The number of nitrogens with two attached hydrogens (primary N) is 2. The van der Waals surface area contributed by atoms with Crippen LogP contribution in [0.4, 0.5) is 5.69 Å². The molecule has 0 saturated carbocycles. The number of likely N-dealkylation sites (tertiary alicyclic amines) is 1. The Labute approximate surface area is 117 Å². The summed E-state index contributed by atoms with van der Waals surface area (Å²) in [5, 5.41) is 0. The first-order chi connectivity index (χ1) is 9.54. The minimum atomic E-state index is -0.293. The summed E-state index contributed by atoms with van der Waals surface area (Å²) in [5.74, 6) is -0.160. The molecule has 0 spiro atoms. The Kier molecular flexibility index (Phi) is 4.12. The van der Waals surface area contributed by atoms with Crippen LogP contribution < -0.4 is 16.2 Å². The smallest absolute Gasteiger partial charge is 0.257 e. The van der Waals surface area contributed by atoms with Crippen molar-refractivity contribution < 1.29 is 14.3 Å². The molecule has 20 heavy (non-hydrogen) atoms. The van der Waals surface area contributed by atoms with Gasteiger partial charge in [-0.2, -0.15) is 0 Å². The molecule has 0 bridgehead atoms. The van der Waals surface area contributed by atoms with Crippen molar-refractivity contribution in [2.45, 2.75) is 12.8 Å². The molecule has 0 atom stereocenters. The van der Waals surface area contributed by atoms with E-state index in [0.29, 0.717) is 42.9 Å². The van der Waals surface area contributed by atoms with Gasteiger partial charge in [0.05, 0.1) is 18.4 Å². The maximum absolute atomic E-state index is 12.5. The number of carbonyl (C=O) groups is 2. The van der Waals surface area contributed by atoms with E-state index in [-0.39, 0.29) is 17.7 Å². The van der Waals surface area contributed by atoms with Crippen LogP contribution in [0.3, 0.4) is 0 Å². The molecule has 0 aromatic heterocycles. The van der Waals surface area contributed by atoms with Gasteiger partial charge in [0.15, 0.2) is 5.75 Å². The molecule has 0 unspecified atom stereocenters. The number of primary amides is 1. The normalized spacial score (nSPS) is 15.9. The highest BCUT2D eigenvalue weighted by atomic mass is 16.5. The lowest BCUT2D eigenvalue weighted by Crippen LogP contribution is -2.41. The fourth-order valence-electron chi connectivity index (χ4n) is 2.49. The maximum atomic E-state index is 12.5. The predicted molar refractivity (Wildman–Crippen MR) is 75.2 cm³/mol. The van der Waals surface area contributed by atoms with Crippen LogP contribution in [-0.4, -0.2) is 36.9 Å². The number of nitrogen functional groups attached to an aromatic ring is 1. The van der Waals surface area contributed by atoms with Crippen LogP contribution in [0.15, 0.2) is 18.2 Å². The summed E-state index contributed by atoms with van der Waals surface area (Å²) in [4.78, 5) is 25.3. The largest absolute Gasteiger partial charge is 0.494 e. The van der Waals surface area contributed by atoms with Crippen LogP contribution in [-0.2, 0) is 4.79 Å². The number of hydrogen-bond acceptors (Lipinski definition) is 4. The van der Waals surface area contributed by atoms with Gasteiger partial charge in [0, 0.05) is 19.0 Å². The fourth-order valence-corrected chi connectivity index (χ4v) is 2.49. The maximum Gasteiger partial charge on any atom is 0.257 e. The summed E-state index contributed by atoms with van der Waals surface area (Å²) in [6.07, 6.45) is 1.21. The zero-order valence-corrected chi connectivity index (χ0v) is 11.5. The lowest BCUT2D eigenvalue weighted by Gasteiger charge is -2.31. The van der Waals surface area contributed by atoms with Crippen molar-refractivity contribution in [1.82, 2.24) is 4.90 Å². The second-order valence-electron chi connectivity index (χ2n) is 4.90. The van der Waals surface area contributed by atoms with Gasteiger partial charge in [-0.15, -0.1) is 0 Å². The standard InChI is InChI=1S/C14H19N3O3/c1-20-12-10(3-2-4-11(12)15)14(19)17-7-5-9(6-8-17)13(16)18/h2-4,9H,5-8,15H2,1H3,(H2,16,18). The zero-order chi connectivity index (χ0) is 14.7. The third-order valence-electron chi connectivity index (χ3n) is 3.66. The molecule has 6 heteroatoms. The van der Waals surface area contributed by atoms with Gasteiger partial charge in [-0.25, -0.2) is 0 Å². The number of nitrogens with zero attached hydrogens (tertiary/aromatic N) is 1. The van der Waals surface area contributed by atoms with Crippen molar-refractivity contribution in [3.8, 4) is 5.75 Å². The summed E-state index contributed by atoms with van der Waals surface area (Å²) < 4.78 is 5.20. The fraction of sp³-hybridized carbons (Fsp3) is 0.429. The first-order valence-corrected chi connectivity index (χ1v) is 6.55. The van der Waals surface area contributed by atoms with Crippen molar-refractivity contribution >= 4 is 17.5 Å². The van der Waals surface area contributed by atoms with Crippen LogP contribution in [0.1, 0.15) is 23.2 Å². The van der Waals surface area contributed by atoms with Gasteiger partial charge < -0.3 is 21.1 Å². The van der Waals surface area contributed by atoms with Gasteiger partial charge in [-0.05, 0) is 25.0 Å². The third-order valence-corrected chi connectivity index (χ3v) is 3.66. The van der Waals surface area contributed by atoms with Gasteiger partial charge in [0.25, 0.3) is 5.91 Å². The number of methoxy groups -OCH3 is 1. The van der Waals surface area contributed by atoms with Crippen LogP contribution in [0.5, 0.6) is 5.75 Å². The van der Waals surface area contributed by atoms with E-state index < -0.39 is 0 Å². The Morgan fingerprint density at radius 2 is 1.95 bits per heavy atom. The minimum Gasteiger partial charge on any atom is -0.494 e. The number of amides is 2. The van der Waals surface area contributed by atoms with Gasteiger partial charge in [0.2, 0.25) is 5.91 Å². The molecule has 6 nitrogen and oxygen atoms in total. The average Bonchev–Trinajstić information content (AvgIpc) is 2.46. The second kappa shape index (κ2) is 5.81. The average molecular weight is 277 g/mol. The molecule has 1 saturated heterocycles. The Bertz CT molecular complexity index is 522. The molecular formula is C14H19N3O3. The molecule has 1 aliphatic rings. The quantitative estimate of drug-likeness (QED) is 0.791. The highest BCUT2D eigenvalue weighted by molar-refractivity contribution is 5.98. The number of carbonyl (C=O) groups excluding carboxylic acids is 2. The molecule has 108 valence electrons. The predicted octanol–water partition coefficient (Wildman–Crippen LogP) is 0.615. The van der Waals surface area contributed by atoms with Gasteiger partial charge in [-0.1, -0.05) is 6.07 Å². The number of rotatable bonds is 3. The summed E-state index contributed by atoms with van der Waals surface area (Å²) in [5.41, 5.74) is 12.0. The van der Waals surface area contributed by atoms with E-state index in [9.17, 15) is 9.59 Å². The summed E-state index contributed by atoms with van der Waals surface area (Å²) >= 11 is 0. The monoisotopic (exact) mass is 277 g/mol. The molecule has 2 rings (SSSR count). The van der Waals surface area contributed by atoms with E-state index in [1.807, 2.05) is 0 Å². The highest BCUT2D eigenvalue weighted by Gasteiger charge is 2.28. The van der Waals surface area contributed by atoms with E-state index in [1.54, 1.807) is 23.1 Å². The topological polar surface area (TPSA) is 98.7 Å². The van der Waals surface area contributed by atoms with Crippen LogP contribution in [0.25, 0.3) is 0 Å². The van der Waals surface area contributed by atoms with Gasteiger partial charge in [0.1, 0.15) is 0 Å². The molecule has 2 amide bonds. The number of piperidine rings is 1. The summed E-state index contributed by atoms with van der Waals surface area (Å²) in [6, 6.07) is 5.11. The number of para-hydroxylation sites is 1. The van der Waals surface area contributed by atoms with Crippen LogP contribution in [0.2, 0.25) is 0 Å². The number of benzene rings is 1. The molecular weight excluding hydrogens is 258 g/mol. The van der Waals surface area contributed by atoms with E-state index in [4.69, 9.17) is 16.2 Å². The zero-order valence-electron chi connectivity index (χ0n) is 11.5. The Morgan fingerprint density at radius 1 is 1.30 bits per heavy atom. The Hall–Kier alpha value is -2.24. The second-order valence-corrected chi connectivity index (χ2v) is 4.90.